The molecule has 0 atom stereocenters. The Bertz CT molecular complexity index is 1660. The number of nitrogens with zero attached hydrogens (tertiary/aromatic N) is 3. The first-order valence-corrected chi connectivity index (χ1v) is 13.5. The van der Waals surface area contributed by atoms with Gasteiger partial charge in [-0.15, -0.1) is 5.10 Å². The second-order valence-corrected chi connectivity index (χ2v) is 9.91. The SMILES string of the molecule is CCOc1ccc(C(=O)c2c(-c3ccc(Cl)cc3)c3c4n(c(COc5ccccc5F)nn24)CCCC3)cc1. The molecule has 0 aliphatic carbocycles. The second kappa shape index (κ2) is 10.6. The summed E-state index contributed by atoms with van der Waals surface area (Å²) in [5.74, 6) is 0.943. The van der Waals surface area contributed by atoms with Gasteiger partial charge >= 0.3 is 0 Å². The number of hydrogen-bond acceptors (Lipinski definition) is 4. The lowest BCUT2D eigenvalue weighted by molar-refractivity contribution is 0.103. The highest BCUT2D eigenvalue weighted by atomic mass is 35.5. The molecule has 0 radical (unpaired) electrons. The molecule has 0 N–H and O–H groups in total. The summed E-state index contributed by atoms with van der Waals surface area (Å²) in [6.07, 6.45) is 2.72. The maximum Gasteiger partial charge on any atom is 0.212 e. The number of carbonyl (C=O) groups excluding carboxylic acids is 1. The minimum atomic E-state index is -0.427. The fourth-order valence-electron chi connectivity index (χ4n) is 5.26. The van der Waals surface area contributed by atoms with Crippen molar-refractivity contribution in [1.29, 1.82) is 0 Å². The number of benzene rings is 3. The topological polar surface area (TPSA) is 57.8 Å². The minimum absolute atomic E-state index is 0.0784. The van der Waals surface area contributed by atoms with Gasteiger partial charge < -0.3 is 14.0 Å². The molecule has 1 aliphatic rings. The summed E-state index contributed by atoms with van der Waals surface area (Å²) in [7, 11) is 0. The van der Waals surface area contributed by atoms with Crippen LogP contribution in [0.5, 0.6) is 11.5 Å². The second-order valence-electron chi connectivity index (χ2n) is 9.48. The van der Waals surface area contributed by atoms with Gasteiger partial charge in [-0.05, 0) is 80.3 Å². The highest BCUT2D eigenvalue weighted by Gasteiger charge is 2.31. The van der Waals surface area contributed by atoms with Crippen LogP contribution in [0, 0.1) is 5.82 Å². The van der Waals surface area contributed by atoms with E-state index in [2.05, 4.69) is 4.57 Å². The van der Waals surface area contributed by atoms with E-state index in [-0.39, 0.29) is 18.1 Å². The molecule has 0 saturated carbocycles. The monoisotopic (exact) mass is 543 g/mol. The van der Waals surface area contributed by atoms with Crippen molar-refractivity contribution in [2.75, 3.05) is 6.61 Å². The Morgan fingerprint density at radius 3 is 2.51 bits per heavy atom. The van der Waals surface area contributed by atoms with Crippen molar-refractivity contribution in [3.63, 3.8) is 0 Å². The molecule has 0 fully saturated rings. The predicted octanol–water partition coefficient (Wildman–Crippen LogP) is 7.14. The maximum absolute atomic E-state index is 14.2. The third-order valence-corrected chi connectivity index (χ3v) is 7.28. The largest absolute Gasteiger partial charge is 0.494 e. The maximum atomic E-state index is 14.2. The van der Waals surface area contributed by atoms with Crippen LogP contribution in [-0.2, 0) is 19.6 Å². The van der Waals surface area contributed by atoms with Gasteiger partial charge in [-0.2, -0.15) is 0 Å². The van der Waals surface area contributed by atoms with Crippen molar-refractivity contribution >= 4 is 23.0 Å². The molecule has 0 bridgehead atoms. The quantitative estimate of drug-likeness (QED) is 0.195. The summed E-state index contributed by atoms with van der Waals surface area (Å²) < 4.78 is 29.5. The number of halogens is 2. The molecule has 5 aromatic rings. The van der Waals surface area contributed by atoms with E-state index in [1.165, 1.54) is 6.07 Å². The number of hydrogen-bond donors (Lipinski definition) is 0. The Balaban J connectivity index is 1.51. The van der Waals surface area contributed by atoms with E-state index in [9.17, 15) is 9.18 Å². The smallest absolute Gasteiger partial charge is 0.212 e. The Morgan fingerprint density at radius 2 is 1.77 bits per heavy atom. The van der Waals surface area contributed by atoms with Gasteiger partial charge in [0.05, 0.1) is 6.61 Å². The van der Waals surface area contributed by atoms with Gasteiger partial charge in [-0.3, -0.25) is 4.79 Å². The molecule has 0 saturated heterocycles. The first-order valence-electron chi connectivity index (χ1n) is 13.1. The highest BCUT2D eigenvalue weighted by molar-refractivity contribution is 6.30. The molecule has 6 nitrogen and oxygen atoms in total. The number of ether oxygens (including phenoxy) is 2. The Kier molecular flexibility index (Phi) is 6.83. The molecule has 39 heavy (non-hydrogen) atoms. The first kappa shape index (κ1) is 25.2. The lowest BCUT2D eigenvalue weighted by Crippen LogP contribution is -2.09. The van der Waals surface area contributed by atoms with Crippen LogP contribution in [0.25, 0.3) is 16.8 Å². The van der Waals surface area contributed by atoms with Gasteiger partial charge in [0.25, 0.3) is 0 Å². The molecule has 0 unspecified atom stereocenters. The molecular formula is C31H27ClFN3O3. The Labute approximate surface area is 230 Å². The van der Waals surface area contributed by atoms with Gasteiger partial charge in [0, 0.05) is 28.3 Å². The molecule has 198 valence electrons. The number of aromatic nitrogens is 3. The number of aryl methyl sites for hydroxylation is 2. The van der Waals surface area contributed by atoms with Crippen molar-refractivity contribution in [2.45, 2.75) is 39.3 Å². The molecule has 8 heteroatoms. The number of ketones is 1. The molecule has 0 amide bonds. The minimum Gasteiger partial charge on any atom is -0.494 e. The van der Waals surface area contributed by atoms with Crippen LogP contribution in [0.4, 0.5) is 4.39 Å². The average molecular weight is 544 g/mol. The first-order chi connectivity index (χ1) is 19.0. The van der Waals surface area contributed by atoms with Crippen LogP contribution in [0.2, 0.25) is 5.02 Å². The fraction of sp³-hybridized carbons (Fsp3) is 0.226. The Morgan fingerprint density at radius 1 is 1.00 bits per heavy atom. The lowest BCUT2D eigenvalue weighted by Gasteiger charge is -2.10. The van der Waals surface area contributed by atoms with E-state index in [0.29, 0.717) is 34.5 Å². The summed E-state index contributed by atoms with van der Waals surface area (Å²) in [6.45, 7) is 3.28. The molecule has 3 aromatic carbocycles. The summed E-state index contributed by atoms with van der Waals surface area (Å²) in [5, 5.41) is 5.52. The van der Waals surface area contributed by atoms with E-state index in [0.717, 1.165) is 48.1 Å². The zero-order chi connectivity index (χ0) is 26.9. The molecule has 2 aromatic heterocycles. The lowest BCUT2D eigenvalue weighted by atomic mass is 9.95. The molecule has 3 heterocycles. The van der Waals surface area contributed by atoms with E-state index < -0.39 is 5.82 Å². The van der Waals surface area contributed by atoms with Gasteiger partial charge in [-0.25, -0.2) is 8.91 Å². The number of rotatable bonds is 8. The highest BCUT2D eigenvalue weighted by Crippen LogP contribution is 2.38. The predicted molar refractivity (Wildman–Crippen MR) is 148 cm³/mol. The summed E-state index contributed by atoms with van der Waals surface area (Å²) >= 11 is 6.21. The molecule has 6 rings (SSSR count). The van der Waals surface area contributed by atoms with Gasteiger partial charge in [0.15, 0.2) is 17.4 Å². The van der Waals surface area contributed by atoms with Crippen LogP contribution >= 0.6 is 11.6 Å². The van der Waals surface area contributed by atoms with Crippen LogP contribution < -0.4 is 9.47 Å². The van der Waals surface area contributed by atoms with Crippen molar-refractivity contribution in [1.82, 2.24) is 14.2 Å². The van der Waals surface area contributed by atoms with Gasteiger partial charge in [-0.1, -0.05) is 35.9 Å². The number of para-hydroxylation sites is 1. The van der Waals surface area contributed by atoms with Crippen molar-refractivity contribution in [3.8, 4) is 22.6 Å². The average Bonchev–Trinajstić information content (AvgIpc) is 3.35. The van der Waals surface area contributed by atoms with E-state index in [4.69, 9.17) is 26.2 Å². The van der Waals surface area contributed by atoms with Crippen molar-refractivity contribution in [3.05, 3.63) is 106 Å². The van der Waals surface area contributed by atoms with E-state index in [1.54, 1.807) is 47.0 Å². The van der Waals surface area contributed by atoms with Gasteiger partial charge in [0.2, 0.25) is 5.78 Å². The summed E-state index contributed by atoms with van der Waals surface area (Å²) in [5.41, 5.74) is 4.74. The zero-order valence-corrected chi connectivity index (χ0v) is 22.2. The van der Waals surface area contributed by atoms with Gasteiger partial charge in [0.1, 0.15) is 23.7 Å². The van der Waals surface area contributed by atoms with Crippen LogP contribution in [0.1, 0.15) is 47.2 Å². The molecular weight excluding hydrogens is 517 g/mol. The van der Waals surface area contributed by atoms with E-state index in [1.807, 2.05) is 31.2 Å². The van der Waals surface area contributed by atoms with Crippen molar-refractivity contribution in [2.24, 2.45) is 0 Å². The number of carbonyl (C=O) groups is 1. The standard InChI is InChI=1S/C31H27ClFN3O3/c1-2-38-23-16-12-21(13-17-23)30(37)29-28(20-10-14-22(32)15-11-20)24-7-5-6-18-35-27(34-36(29)31(24)35)19-39-26-9-4-3-8-25(26)33/h3-4,8-17H,2,5-7,18-19H2,1H3. The summed E-state index contributed by atoms with van der Waals surface area (Å²) in [6, 6.07) is 21.1. The molecule has 1 aliphatic heterocycles. The Hall–Kier alpha value is -4.10. The normalized spacial score (nSPS) is 12.9. The van der Waals surface area contributed by atoms with Crippen LogP contribution in [0.15, 0.2) is 72.8 Å². The van der Waals surface area contributed by atoms with E-state index >= 15 is 0 Å². The fourth-order valence-corrected chi connectivity index (χ4v) is 5.38. The zero-order valence-electron chi connectivity index (χ0n) is 21.5. The van der Waals surface area contributed by atoms with Crippen LogP contribution in [-0.4, -0.2) is 26.6 Å². The molecule has 0 spiro atoms. The third-order valence-electron chi connectivity index (χ3n) is 7.03. The van der Waals surface area contributed by atoms with Crippen LogP contribution in [0.3, 0.4) is 0 Å². The third kappa shape index (κ3) is 4.68. The summed E-state index contributed by atoms with van der Waals surface area (Å²) in [4.78, 5) is 14.2. The van der Waals surface area contributed by atoms with Crippen molar-refractivity contribution < 1.29 is 18.7 Å².